The normalized spacial score (nSPS) is 22.7. The molecule has 4 nitrogen and oxygen atoms in total. The van der Waals surface area contributed by atoms with Crippen LogP contribution in [0.15, 0.2) is 12.1 Å². The number of piperazine rings is 1. The third-order valence-corrected chi connectivity index (χ3v) is 4.12. The molecule has 3 heterocycles. The van der Waals surface area contributed by atoms with E-state index in [1.807, 2.05) is 0 Å². The van der Waals surface area contributed by atoms with Gasteiger partial charge in [0.05, 0.1) is 5.56 Å². The highest BCUT2D eigenvalue weighted by Gasteiger charge is 2.37. The average Bonchev–Trinajstić information content (AvgIpc) is 2.78. The number of rotatable bonds is 1. The molecule has 0 aliphatic carbocycles. The van der Waals surface area contributed by atoms with E-state index in [1.165, 1.54) is 0 Å². The van der Waals surface area contributed by atoms with Crippen LogP contribution >= 0.6 is 11.6 Å². The van der Waals surface area contributed by atoms with Gasteiger partial charge >= 0.3 is 6.18 Å². The van der Waals surface area contributed by atoms with Gasteiger partial charge in [0.25, 0.3) is 0 Å². The number of hydrogen-bond acceptors (Lipinski definition) is 3. The number of pyridine rings is 1. The fourth-order valence-electron chi connectivity index (χ4n) is 2.88. The summed E-state index contributed by atoms with van der Waals surface area (Å²) in [7, 11) is 0. The number of hydrogen-bond donors (Lipinski definition) is 0. The van der Waals surface area contributed by atoms with E-state index in [-0.39, 0.29) is 22.9 Å². The van der Waals surface area contributed by atoms with Crippen LogP contribution < -0.4 is 4.90 Å². The maximum atomic E-state index is 12.8. The molecule has 2 aliphatic heterocycles. The molecule has 1 atom stereocenters. The lowest BCUT2D eigenvalue weighted by Gasteiger charge is -2.38. The molecule has 2 fully saturated rings. The summed E-state index contributed by atoms with van der Waals surface area (Å²) in [6, 6.07) is 1.89. The monoisotopic (exact) mass is 319 g/mol. The molecule has 2 saturated heterocycles. The number of carbonyl (C=O) groups excluding carboxylic acids is 1. The third kappa shape index (κ3) is 2.79. The van der Waals surface area contributed by atoms with Gasteiger partial charge in [0.2, 0.25) is 5.91 Å². The van der Waals surface area contributed by atoms with Crippen molar-refractivity contribution in [2.24, 2.45) is 0 Å². The van der Waals surface area contributed by atoms with Crippen molar-refractivity contribution in [1.29, 1.82) is 0 Å². The van der Waals surface area contributed by atoms with Gasteiger partial charge in [-0.1, -0.05) is 11.6 Å². The Labute approximate surface area is 124 Å². The fourth-order valence-corrected chi connectivity index (χ4v) is 3.09. The van der Waals surface area contributed by atoms with Gasteiger partial charge in [0.15, 0.2) is 0 Å². The van der Waals surface area contributed by atoms with Crippen molar-refractivity contribution >= 4 is 23.3 Å². The molecular formula is C13H13ClF3N3O. The Balaban J connectivity index is 1.84. The predicted molar refractivity (Wildman–Crippen MR) is 71.2 cm³/mol. The smallest absolute Gasteiger partial charge is 0.353 e. The molecule has 0 spiro atoms. The maximum Gasteiger partial charge on any atom is 0.416 e. The zero-order valence-electron chi connectivity index (χ0n) is 11.0. The molecule has 0 saturated carbocycles. The summed E-state index contributed by atoms with van der Waals surface area (Å²) in [6.45, 7) is 1.47. The summed E-state index contributed by atoms with van der Waals surface area (Å²) < 4.78 is 38.5. The second-order valence-electron chi connectivity index (χ2n) is 5.26. The lowest BCUT2D eigenvalue weighted by Crippen LogP contribution is -2.51. The van der Waals surface area contributed by atoms with Crippen molar-refractivity contribution in [3.8, 4) is 0 Å². The van der Waals surface area contributed by atoms with Crippen molar-refractivity contribution in [3.63, 3.8) is 0 Å². The fraction of sp³-hybridized carbons (Fsp3) is 0.538. The summed E-state index contributed by atoms with van der Waals surface area (Å²) in [6.07, 6.45) is -3.20. The number of aromatic nitrogens is 1. The van der Waals surface area contributed by atoms with Crippen LogP contribution in [0.2, 0.25) is 5.15 Å². The Kier molecular flexibility index (Phi) is 3.47. The zero-order chi connectivity index (χ0) is 15.2. The summed E-state index contributed by atoms with van der Waals surface area (Å²) in [5.74, 6) is 0.337. The predicted octanol–water partition coefficient (Wildman–Crippen LogP) is 2.56. The van der Waals surface area contributed by atoms with Crippen LogP contribution in [-0.2, 0) is 11.0 Å². The van der Waals surface area contributed by atoms with Gasteiger partial charge < -0.3 is 9.80 Å². The van der Waals surface area contributed by atoms with E-state index in [4.69, 9.17) is 11.6 Å². The van der Waals surface area contributed by atoms with E-state index < -0.39 is 11.7 Å². The molecule has 0 N–H and O–H groups in total. The molecular weight excluding hydrogens is 307 g/mol. The molecule has 1 amide bonds. The molecule has 114 valence electrons. The van der Waals surface area contributed by atoms with E-state index in [0.29, 0.717) is 26.1 Å². The molecule has 1 aromatic heterocycles. The van der Waals surface area contributed by atoms with Crippen molar-refractivity contribution in [3.05, 3.63) is 22.8 Å². The molecule has 0 aromatic carbocycles. The summed E-state index contributed by atoms with van der Waals surface area (Å²) in [5, 5.41) is -0.176. The Morgan fingerprint density at radius 2 is 2.05 bits per heavy atom. The number of fused-ring (bicyclic) bond motifs is 1. The van der Waals surface area contributed by atoms with E-state index in [1.54, 1.807) is 9.80 Å². The Hall–Kier alpha value is -1.50. The highest BCUT2D eigenvalue weighted by Crippen LogP contribution is 2.34. The maximum absolute atomic E-state index is 12.8. The van der Waals surface area contributed by atoms with Crippen molar-refractivity contribution in [2.75, 3.05) is 24.5 Å². The molecule has 3 rings (SSSR count). The first-order valence-corrected chi connectivity index (χ1v) is 7.01. The van der Waals surface area contributed by atoms with Gasteiger partial charge in [-0.3, -0.25) is 4.79 Å². The van der Waals surface area contributed by atoms with Crippen LogP contribution in [0.4, 0.5) is 19.0 Å². The number of halogens is 4. The molecule has 1 unspecified atom stereocenters. The first-order chi connectivity index (χ1) is 9.84. The summed E-state index contributed by atoms with van der Waals surface area (Å²) in [4.78, 5) is 19.2. The number of alkyl halides is 3. The third-order valence-electron chi connectivity index (χ3n) is 3.93. The Bertz CT molecular complexity index is 578. The van der Waals surface area contributed by atoms with Crippen molar-refractivity contribution < 1.29 is 18.0 Å². The van der Waals surface area contributed by atoms with E-state index in [0.717, 1.165) is 18.6 Å². The average molecular weight is 320 g/mol. The van der Waals surface area contributed by atoms with E-state index >= 15 is 0 Å². The highest BCUT2D eigenvalue weighted by molar-refractivity contribution is 6.29. The molecule has 8 heteroatoms. The Morgan fingerprint density at radius 1 is 1.29 bits per heavy atom. The molecule has 0 bridgehead atoms. The highest BCUT2D eigenvalue weighted by atomic mass is 35.5. The van der Waals surface area contributed by atoms with Crippen LogP contribution in [0, 0.1) is 0 Å². The largest absolute Gasteiger partial charge is 0.416 e. The summed E-state index contributed by atoms with van der Waals surface area (Å²) >= 11 is 5.71. The number of amides is 1. The van der Waals surface area contributed by atoms with Crippen LogP contribution in [0.5, 0.6) is 0 Å². The zero-order valence-corrected chi connectivity index (χ0v) is 11.8. The van der Waals surface area contributed by atoms with E-state index in [9.17, 15) is 18.0 Å². The number of nitrogens with zero attached hydrogens (tertiary/aromatic N) is 3. The first-order valence-electron chi connectivity index (χ1n) is 6.64. The lowest BCUT2D eigenvalue weighted by molar-refractivity contribution is -0.137. The first kappa shape index (κ1) is 14.4. The van der Waals surface area contributed by atoms with Gasteiger partial charge in [-0.2, -0.15) is 13.2 Å². The van der Waals surface area contributed by atoms with E-state index in [2.05, 4.69) is 4.98 Å². The standard InChI is InChI=1S/C13H13ClF3N3O/c14-10-5-8(13(15,16)17)6-11(18-10)19-3-4-20-9(7-19)1-2-12(20)21/h5-6,9H,1-4,7H2. The van der Waals surface area contributed by atoms with Crippen molar-refractivity contribution in [1.82, 2.24) is 9.88 Å². The van der Waals surface area contributed by atoms with Crippen LogP contribution in [0.25, 0.3) is 0 Å². The minimum absolute atomic E-state index is 0.0568. The quantitative estimate of drug-likeness (QED) is 0.747. The summed E-state index contributed by atoms with van der Waals surface area (Å²) in [5.41, 5.74) is -0.803. The topological polar surface area (TPSA) is 36.4 Å². The SMILES string of the molecule is O=C1CCC2CN(c3cc(C(F)(F)F)cc(Cl)n3)CCN12. The van der Waals surface area contributed by atoms with Gasteiger partial charge in [-0.25, -0.2) is 4.98 Å². The van der Waals surface area contributed by atoms with Gasteiger partial charge in [0, 0.05) is 32.1 Å². The van der Waals surface area contributed by atoms with Gasteiger partial charge in [0.1, 0.15) is 11.0 Å². The Morgan fingerprint density at radius 3 is 2.76 bits per heavy atom. The number of carbonyl (C=O) groups is 1. The molecule has 2 aliphatic rings. The molecule has 21 heavy (non-hydrogen) atoms. The lowest BCUT2D eigenvalue weighted by atomic mass is 10.1. The van der Waals surface area contributed by atoms with Crippen molar-refractivity contribution in [2.45, 2.75) is 25.1 Å². The van der Waals surface area contributed by atoms with Gasteiger partial charge in [-0.05, 0) is 18.6 Å². The van der Waals surface area contributed by atoms with Crippen LogP contribution in [0.3, 0.4) is 0 Å². The van der Waals surface area contributed by atoms with Crippen LogP contribution in [0.1, 0.15) is 18.4 Å². The van der Waals surface area contributed by atoms with Crippen LogP contribution in [-0.4, -0.2) is 41.5 Å². The van der Waals surface area contributed by atoms with Gasteiger partial charge in [-0.15, -0.1) is 0 Å². The minimum atomic E-state index is -4.45. The minimum Gasteiger partial charge on any atom is -0.353 e. The molecule has 0 radical (unpaired) electrons. The second kappa shape index (κ2) is 5.05. The second-order valence-corrected chi connectivity index (χ2v) is 5.65. The molecule has 1 aromatic rings. The number of anilines is 1.